The Hall–Kier alpha value is -0.610. The minimum Gasteiger partial charge on any atom is -0.387 e. The van der Waals surface area contributed by atoms with Gasteiger partial charge in [0.1, 0.15) is 0 Å². The number of rotatable bonds is 4. The second kappa shape index (κ2) is 6.71. The summed E-state index contributed by atoms with van der Waals surface area (Å²) in [6.45, 7) is 2.97. The van der Waals surface area contributed by atoms with Crippen LogP contribution in [0.15, 0.2) is 24.3 Å². The Balaban J connectivity index is 1.87. The van der Waals surface area contributed by atoms with Gasteiger partial charge in [0, 0.05) is 17.6 Å². The fraction of sp³-hybridized carbons (Fsp3) is 0.600. The van der Waals surface area contributed by atoms with E-state index in [0.29, 0.717) is 17.6 Å². The third-order valence-corrected chi connectivity index (χ3v) is 4.28. The van der Waals surface area contributed by atoms with E-state index in [1.807, 2.05) is 24.3 Å². The van der Waals surface area contributed by atoms with Gasteiger partial charge in [0.25, 0.3) is 0 Å². The SMILES string of the molecule is CN1CCC(N(C)CC(O)c2ccc(Cl)cc2)CC1. The fourth-order valence-electron chi connectivity index (χ4n) is 2.65. The summed E-state index contributed by atoms with van der Waals surface area (Å²) in [7, 11) is 4.27. The number of nitrogens with zero attached hydrogens (tertiary/aromatic N) is 2. The van der Waals surface area contributed by atoms with Crippen LogP contribution in [0.2, 0.25) is 5.02 Å². The third-order valence-electron chi connectivity index (χ3n) is 4.03. The molecule has 19 heavy (non-hydrogen) atoms. The quantitative estimate of drug-likeness (QED) is 0.919. The summed E-state index contributed by atoms with van der Waals surface area (Å²) in [6, 6.07) is 8.04. The highest BCUT2D eigenvalue weighted by Crippen LogP contribution is 2.20. The Kier molecular flexibility index (Phi) is 5.22. The monoisotopic (exact) mass is 282 g/mol. The number of likely N-dealkylation sites (tertiary alicyclic amines) is 1. The summed E-state index contributed by atoms with van der Waals surface area (Å²) in [5.74, 6) is 0. The number of hydrogen-bond acceptors (Lipinski definition) is 3. The maximum absolute atomic E-state index is 10.3. The predicted octanol–water partition coefficient (Wildman–Crippen LogP) is 2.40. The maximum Gasteiger partial charge on any atom is 0.0916 e. The lowest BCUT2D eigenvalue weighted by Gasteiger charge is -2.36. The molecule has 1 unspecified atom stereocenters. The topological polar surface area (TPSA) is 26.7 Å². The molecule has 0 spiro atoms. The van der Waals surface area contributed by atoms with E-state index in [-0.39, 0.29) is 0 Å². The minimum atomic E-state index is -0.443. The zero-order chi connectivity index (χ0) is 13.8. The third kappa shape index (κ3) is 4.18. The Bertz CT molecular complexity index is 388. The summed E-state index contributed by atoms with van der Waals surface area (Å²) in [6.07, 6.45) is 1.92. The normalized spacial score (nSPS) is 19.8. The molecular weight excluding hydrogens is 260 g/mol. The van der Waals surface area contributed by atoms with Gasteiger partial charge >= 0.3 is 0 Å². The van der Waals surface area contributed by atoms with Gasteiger partial charge < -0.3 is 14.9 Å². The summed E-state index contributed by atoms with van der Waals surface area (Å²) in [4.78, 5) is 4.65. The van der Waals surface area contributed by atoms with Crippen molar-refractivity contribution in [2.75, 3.05) is 33.7 Å². The van der Waals surface area contributed by atoms with Crippen LogP contribution in [-0.4, -0.2) is 54.7 Å². The van der Waals surface area contributed by atoms with Crippen molar-refractivity contribution in [1.82, 2.24) is 9.80 Å². The molecule has 1 atom stereocenters. The number of benzene rings is 1. The van der Waals surface area contributed by atoms with Crippen molar-refractivity contribution in [2.24, 2.45) is 0 Å². The number of aliphatic hydroxyl groups excluding tert-OH is 1. The molecule has 0 aromatic heterocycles. The van der Waals surface area contributed by atoms with E-state index in [1.165, 1.54) is 12.8 Å². The van der Waals surface area contributed by atoms with Crippen LogP contribution in [0, 0.1) is 0 Å². The van der Waals surface area contributed by atoms with Gasteiger partial charge in [0.2, 0.25) is 0 Å². The van der Waals surface area contributed by atoms with Crippen LogP contribution in [0.1, 0.15) is 24.5 Å². The number of aliphatic hydroxyl groups is 1. The highest BCUT2D eigenvalue weighted by Gasteiger charge is 2.22. The summed E-state index contributed by atoms with van der Waals surface area (Å²) in [5, 5.41) is 11.0. The zero-order valence-electron chi connectivity index (χ0n) is 11.7. The number of hydrogen-bond donors (Lipinski definition) is 1. The molecule has 1 aliphatic rings. The number of halogens is 1. The first-order valence-corrected chi connectivity index (χ1v) is 7.26. The summed E-state index contributed by atoms with van der Waals surface area (Å²) < 4.78 is 0. The predicted molar refractivity (Wildman–Crippen MR) is 79.6 cm³/mol. The summed E-state index contributed by atoms with van der Waals surface area (Å²) >= 11 is 5.86. The van der Waals surface area contributed by atoms with Crippen LogP contribution in [0.4, 0.5) is 0 Å². The molecule has 0 aliphatic carbocycles. The van der Waals surface area contributed by atoms with Gasteiger partial charge in [-0.2, -0.15) is 0 Å². The van der Waals surface area contributed by atoms with Gasteiger partial charge in [-0.25, -0.2) is 0 Å². The molecule has 0 bridgehead atoms. The van der Waals surface area contributed by atoms with Crippen LogP contribution in [0.25, 0.3) is 0 Å². The van der Waals surface area contributed by atoms with Crippen LogP contribution in [0.5, 0.6) is 0 Å². The first-order valence-electron chi connectivity index (χ1n) is 6.88. The molecule has 1 aromatic rings. The lowest BCUT2D eigenvalue weighted by Crippen LogP contribution is -2.43. The van der Waals surface area contributed by atoms with E-state index in [1.54, 1.807) is 0 Å². The van der Waals surface area contributed by atoms with Crippen LogP contribution >= 0.6 is 11.6 Å². The molecule has 0 amide bonds. The Morgan fingerprint density at radius 1 is 1.32 bits per heavy atom. The molecule has 1 aliphatic heterocycles. The number of piperidine rings is 1. The molecule has 3 nitrogen and oxygen atoms in total. The Morgan fingerprint density at radius 3 is 2.47 bits per heavy atom. The molecule has 0 radical (unpaired) electrons. The smallest absolute Gasteiger partial charge is 0.0916 e. The lowest BCUT2D eigenvalue weighted by molar-refractivity contribution is 0.0789. The van der Waals surface area contributed by atoms with Crippen LogP contribution in [-0.2, 0) is 0 Å². The van der Waals surface area contributed by atoms with Crippen molar-refractivity contribution in [3.05, 3.63) is 34.9 Å². The fourth-order valence-corrected chi connectivity index (χ4v) is 2.77. The largest absolute Gasteiger partial charge is 0.387 e. The zero-order valence-corrected chi connectivity index (χ0v) is 12.5. The molecule has 1 fully saturated rings. The molecule has 1 saturated heterocycles. The van der Waals surface area contributed by atoms with Gasteiger partial charge in [-0.3, -0.25) is 0 Å². The Labute approximate surface area is 120 Å². The second-order valence-corrected chi connectivity index (χ2v) is 5.98. The first kappa shape index (κ1) is 14.8. The highest BCUT2D eigenvalue weighted by molar-refractivity contribution is 6.30. The van der Waals surface area contributed by atoms with Gasteiger partial charge in [-0.05, 0) is 57.7 Å². The average molecular weight is 283 g/mol. The molecule has 2 rings (SSSR count). The van der Waals surface area contributed by atoms with E-state index in [0.717, 1.165) is 18.7 Å². The van der Waals surface area contributed by atoms with E-state index >= 15 is 0 Å². The van der Waals surface area contributed by atoms with Crippen molar-refractivity contribution in [1.29, 1.82) is 0 Å². The van der Waals surface area contributed by atoms with Gasteiger partial charge in [-0.1, -0.05) is 23.7 Å². The minimum absolute atomic E-state index is 0.443. The van der Waals surface area contributed by atoms with Crippen molar-refractivity contribution in [3.63, 3.8) is 0 Å². The Morgan fingerprint density at radius 2 is 1.89 bits per heavy atom. The molecule has 106 valence electrons. The molecule has 1 N–H and O–H groups in total. The van der Waals surface area contributed by atoms with E-state index in [2.05, 4.69) is 23.9 Å². The van der Waals surface area contributed by atoms with E-state index < -0.39 is 6.10 Å². The molecule has 1 aromatic carbocycles. The highest BCUT2D eigenvalue weighted by atomic mass is 35.5. The number of likely N-dealkylation sites (N-methyl/N-ethyl adjacent to an activating group) is 1. The van der Waals surface area contributed by atoms with Gasteiger partial charge in [0.15, 0.2) is 0 Å². The van der Waals surface area contributed by atoms with E-state index in [4.69, 9.17) is 11.6 Å². The van der Waals surface area contributed by atoms with E-state index in [9.17, 15) is 5.11 Å². The molecular formula is C15H23ClN2O. The van der Waals surface area contributed by atoms with Crippen molar-refractivity contribution >= 4 is 11.6 Å². The molecule has 1 heterocycles. The van der Waals surface area contributed by atoms with Gasteiger partial charge in [0.05, 0.1) is 6.10 Å². The second-order valence-electron chi connectivity index (χ2n) is 5.54. The van der Waals surface area contributed by atoms with Crippen molar-refractivity contribution in [3.8, 4) is 0 Å². The van der Waals surface area contributed by atoms with Crippen molar-refractivity contribution in [2.45, 2.75) is 25.0 Å². The first-order chi connectivity index (χ1) is 9.06. The summed E-state index contributed by atoms with van der Waals surface area (Å²) in [5.41, 5.74) is 0.934. The molecule has 0 saturated carbocycles. The lowest BCUT2D eigenvalue weighted by atomic mass is 10.0. The standard InChI is InChI=1S/C15H23ClN2O/c1-17-9-7-14(8-10-17)18(2)11-15(19)12-3-5-13(16)6-4-12/h3-6,14-15,19H,7-11H2,1-2H3. The van der Waals surface area contributed by atoms with Crippen LogP contribution in [0.3, 0.4) is 0 Å². The molecule has 4 heteroatoms. The van der Waals surface area contributed by atoms with Gasteiger partial charge in [-0.15, -0.1) is 0 Å². The van der Waals surface area contributed by atoms with Crippen molar-refractivity contribution < 1.29 is 5.11 Å². The van der Waals surface area contributed by atoms with Crippen LogP contribution < -0.4 is 0 Å². The maximum atomic E-state index is 10.3. The average Bonchev–Trinajstić information content (AvgIpc) is 2.40.